The summed E-state index contributed by atoms with van der Waals surface area (Å²) in [6, 6.07) is 21.7. The van der Waals surface area contributed by atoms with E-state index in [-0.39, 0.29) is 28.2 Å². The Morgan fingerprint density at radius 2 is 1.68 bits per heavy atom. The number of thioether (sulfide) groups is 1. The number of halogens is 3. The molecule has 196 valence electrons. The van der Waals surface area contributed by atoms with E-state index in [2.05, 4.69) is 15.0 Å². The molecule has 0 spiro atoms. The molecule has 4 rings (SSSR count). The Kier molecular flexibility index (Phi) is 8.06. The molecule has 11 heteroatoms. The second-order valence-electron chi connectivity index (χ2n) is 8.27. The normalized spacial score (nSPS) is 14.4. The van der Waals surface area contributed by atoms with E-state index in [0.29, 0.717) is 5.69 Å². The number of ether oxygens (including phenoxy) is 1. The Hall–Kier alpha value is -4.25. The van der Waals surface area contributed by atoms with Crippen LogP contribution in [0.3, 0.4) is 0 Å². The summed E-state index contributed by atoms with van der Waals surface area (Å²) >= 11 is 0.990. The number of nitrogens with one attached hydrogen (secondary N) is 1. The van der Waals surface area contributed by atoms with Gasteiger partial charge in [0.1, 0.15) is 5.70 Å². The lowest BCUT2D eigenvalue weighted by atomic mass is 10.1. The molecular formula is C27H23F3N4O3S. The molecule has 38 heavy (non-hydrogen) atoms. The van der Waals surface area contributed by atoms with Crippen molar-refractivity contribution in [2.24, 2.45) is 4.99 Å². The number of aliphatic imine (C=N–C) groups is 1. The zero-order valence-electron chi connectivity index (χ0n) is 20.4. The molecule has 0 atom stereocenters. The average Bonchev–Trinajstić information content (AvgIpc) is 3.18. The summed E-state index contributed by atoms with van der Waals surface area (Å²) in [5.74, 6) is -1.68. The Morgan fingerprint density at radius 3 is 2.34 bits per heavy atom. The molecule has 1 aliphatic heterocycles. The van der Waals surface area contributed by atoms with Crippen molar-refractivity contribution in [3.8, 4) is 5.75 Å². The zero-order chi connectivity index (χ0) is 27.3. The first-order valence-electron chi connectivity index (χ1n) is 11.4. The van der Waals surface area contributed by atoms with Gasteiger partial charge >= 0.3 is 6.36 Å². The van der Waals surface area contributed by atoms with Gasteiger partial charge in [-0.2, -0.15) is 0 Å². The highest BCUT2D eigenvalue weighted by atomic mass is 32.2. The van der Waals surface area contributed by atoms with Crippen LogP contribution in [-0.2, 0) is 9.59 Å². The third-order valence-electron chi connectivity index (χ3n) is 5.28. The van der Waals surface area contributed by atoms with Gasteiger partial charge in [-0.1, -0.05) is 54.2 Å². The summed E-state index contributed by atoms with van der Waals surface area (Å²) in [5.41, 5.74) is 2.42. The molecule has 0 aliphatic carbocycles. The van der Waals surface area contributed by atoms with Crippen LogP contribution in [0.15, 0.2) is 89.6 Å². The molecule has 2 amide bonds. The molecule has 0 saturated heterocycles. The fraction of sp³-hybridized carbons (Fsp3) is 0.148. The van der Waals surface area contributed by atoms with Crippen LogP contribution in [0.5, 0.6) is 5.75 Å². The molecule has 7 nitrogen and oxygen atoms in total. The van der Waals surface area contributed by atoms with Crippen molar-refractivity contribution < 1.29 is 27.5 Å². The van der Waals surface area contributed by atoms with E-state index in [1.807, 2.05) is 49.3 Å². The zero-order valence-corrected chi connectivity index (χ0v) is 21.2. The SMILES string of the molecule is CN(C)c1ccc(/C=C2/N=C(SCC(=O)Nc3ccccc3OC(F)(F)F)N(c3ccccc3)C2=O)cc1. The molecule has 1 heterocycles. The minimum Gasteiger partial charge on any atom is -0.404 e. The smallest absolute Gasteiger partial charge is 0.404 e. The van der Waals surface area contributed by atoms with E-state index in [1.54, 1.807) is 30.3 Å². The predicted molar refractivity (Wildman–Crippen MR) is 144 cm³/mol. The number of amides is 2. The molecule has 0 unspecified atom stereocenters. The van der Waals surface area contributed by atoms with Crippen LogP contribution >= 0.6 is 11.8 Å². The molecule has 3 aromatic rings. The molecule has 1 aliphatic rings. The van der Waals surface area contributed by atoms with Gasteiger partial charge in [-0.15, -0.1) is 13.2 Å². The number of anilines is 3. The monoisotopic (exact) mass is 540 g/mol. The fourth-order valence-corrected chi connectivity index (χ4v) is 4.34. The van der Waals surface area contributed by atoms with E-state index in [1.165, 1.54) is 23.1 Å². The van der Waals surface area contributed by atoms with Crippen molar-refractivity contribution in [2.45, 2.75) is 6.36 Å². The van der Waals surface area contributed by atoms with Gasteiger partial charge in [-0.05, 0) is 48.0 Å². The first-order valence-corrected chi connectivity index (χ1v) is 12.3. The van der Waals surface area contributed by atoms with Gasteiger partial charge in [0.2, 0.25) is 5.91 Å². The van der Waals surface area contributed by atoms with E-state index in [4.69, 9.17) is 0 Å². The van der Waals surface area contributed by atoms with Gasteiger partial charge in [0.25, 0.3) is 5.91 Å². The third-order valence-corrected chi connectivity index (χ3v) is 6.21. The van der Waals surface area contributed by atoms with Crippen LogP contribution < -0.4 is 19.9 Å². The summed E-state index contributed by atoms with van der Waals surface area (Å²) in [5, 5.41) is 2.70. The molecular weight excluding hydrogens is 517 g/mol. The van der Waals surface area contributed by atoms with Crippen LogP contribution in [0.25, 0.3) is 6.08 Å². The highest BCUT2D eigenvalue weighted by molar-refractivity contribution is 8.14. The van der Waals surface area contributed by atoms with Crippen molar-refractivity contribution in [2.75, 3.05) is 35.0 Å². The second kappa shape index (κ2) is 11.4. The Morgan fingerprint density at radius 1 is 1.03 bits per heavy atom. The van der Waals surface area contributed by atoms with Crippen molar-refractivity contribution in [3.05, 3.63) is 90.1 Å². The molecule has 0 saturated carbocycles. The summed E-state index contributed by atoms with van der Waals surface area (Å²) in [7, 11) is 3.86. The predicted octanol–water partition coefficient (Wildman–Crippen LogP) is 5.77. The van der Waals surface area contributed by atoms with E-state index < -0.39 is 18.0 Å². The third kappa shape index (κ3) is 6.74. The quantitative estimate of drug-likeness (QED) is 0.386. The highest BCUT2D eigenvalue weighted by Gasteiger charge is 2.33. The number of benzene rings is 3. The Balaban J connectivity index is 1.53. The van der Waals surface area contributed by atoms with E-state index in [9.17, 15) is 22.8 Å². The van der Waals surface area contributed by atoms with Crippen molar-refractivity contribution in [1.82, 2.24) is 0 Å². The van der Waals surface area contributed by atoms with Crippen molar-refractivity contribution in [3.63, 3.8) is 0 Å². The van der Waals surface area contributed by atoms with Crippen molar-refractivity contribution in [1.29, 1.82) is 0 Å². The maximum absolute atomic E-state index is 13.3. The topological polar surface area (TPSA) is 74.2 Å². The summed E-state index contributed by atoms with van der Waals surface area (Å²) in [4.78, 5) is 33.8. The molecule has 3 aromatic carbocycles. The number of carbonyl (C=O) groups is 2. The van der Waals surface area contributed by atoms with Gasteiger partial charge in [-0.3, -0.25) is 14.5 Å². The minimum atomic E-state index is -4.90. The molecule has 0 bridgehead atoms. The van der Waals surface area contributed by atoms with E-state index >= 15 is 0 Å². The fourth-order valence-electron chi connectivity index (χ4n) is 3.52. The molecule has 0 aromatic heterocycles. The van der Waals surface area contributed by atoms with Gasteiger partial charge in [-0.25, -0.2) is 4.99 Å². The maximum atomic E-state index is 13.3. The number of rotatable bonds is 7. The number of nitrogens with zero attached hydrogens (tertiary/aromatic N) is 3. The van der Waals surface area contributed by atoms with Gasteiger partial charge < -0.3 is 15.0 Å². The van der Waals surface area contributed by atoms with Gasteiger partial charge in [0.05, 0.1) is 17.1 Å². The Bertz CT molecular complexity index is 1370. The number of amidine groups is 1. The summed E-state index contributed by atoms with van der Waals surface area (Å²) in [6.45, 7) is 0. The van der Waals surface area contributed by atoms with Crippen LogP contribution in [0.4, 0.5) is 30.2 Å². The second-order valence-corrected chi connectivity index (χ2v) is 9.21. The van der Waals surface area contributed by atoms with Gasteiger partial charge in [0.15, 0.2) is 10.9 Å². The first-order chi connectivity index (χ1) is 18.1. The largest absolute Gasteiger partial charge is 0.573 e. The number of para-hydroxylation sites is 3. The average molecular weight is 541 g/mol. The van der Waals surface area contributed by atoms with Gasteiger partial charge in [0, 0.05) is 19.8 Å². The van der Waals surface area contributed by atoms with E-state index in [0.717, 1.165) is 29.1 Å². The lowest BCUT2D eigenvalue weighted by molar-refractivity contribution is -0.274. The molecule has 0 fully saturated rings. The lowest BCUT2D eigenvalue weighted by Crippen LogP contribution is -2.31. The number of hydrogen-bond acceptors (Lipinski definition) is 6. The standard InChI is InChI=1S/C27H23F3N4O3S/c1-33(2)19-14-12-18(13-15-19)16-22-25(36)34(20-8-4-3-5-9-20)26(32-22)38-17-24(35)31-21-10-6-7-11-23(21)37-27(28,29)30/h3-16H,17H2,1-2H3,(H,31,35)/b22-16+. The maximum Gasteiger partial charge on any atom is 0.573 e. The summed E-state index contributed by atoms with van der Waals surface area (Å²) < 4.78 is 42.1. The number of alkyl halides is 3. The van der Waals surface area contributed by atoms with Crippen molar-refractivity contribution >= 4 is 51.9 Å². The molecule has 0 radical (unpaired) electrons. The lowest BCUT2D eigenvalue weighted by Gasteiger charge is -2.18. The molecule has 1 N–H and O–H groups in total. The number of hydrogen-bond donors (Lipinski definition) is 1. The van der Waals surface area contributed by atoms with Crippen LogP contribution in [0, 0.1) is 0 Å². The number of carbonyl (C=O) groups excluding carboxylic acids is 2. The summed E-state index contributed by atoms with van der Waals surface area (Å²) in [6.07, 6.45) is -3.24. The van der Waals surface area contributed by atoms with Crippen LogP contribution in [-0.4, -0.2) is 43.2 Å². The van der Waals surface area contributed by atoms with Crippen LogP contribution in [0.1, 0.15) is 5.56 Å². The van der Waals surface area contributed by atoms with Crippen LogP contribution in [0.2, 0.25) is 0 Å². The minimum absolute atomic E-state index is 0.124. The Labute approximate surface area is 221 Å². The first kappa shape index (κ1) is 26.8. The highest BCUT2D eigenvalue weighted by Crippen LogP contribution is 2.32.